The average Bonchev–Trinajstić information content (AvgIpc) is 2.91. The maximum Gasteiger partial charge on any atom is 0.152 e. The summed E-state index contributed by atoms with van der Waals surface area (Å²) in [6, 6.07) is 0. The van der Waals surface area contributed by atoms with Gasteiger partial charge in [-0.1, -0.05) is 204 Å². The zero-order valence-electron chi connectivity index (χ0n) is 25.9. The number of unbranched alkanes of at least 4 members (excludes halogenated alkanes) is 25. The Morgan fingerprint density at radius 2 is 0.684 bits per heavy atom. The fourth-order valence-electron chi connectivity index (χ4n) is 5.02. The third-order valence-corrected chi connectivity index (χ3v) is 7.50. The highest BCUT2D eigenvalue weighted by Crippen LogP contribution is 2.16. The molecule has 0 aromatic rings. The molecular weight excluding hydrogens is 460 g/mol. The molecule has 0 amide bonds. The van der Waals surface area contributed by atoms with Crippen molar-refractivity contribution in [3.8, 4) is 0 Å². The standard InChI is InChI=1S/C37H66O/c1-3-4-5-6-7-8-9-10-11-12-13-14-15-16-17-18-19-20-21-22-23-24-25-26-27-28-29-30-31-32-33-34-35-36-37(2)38/h29-36H,3-28H2,1-2H3. The Balaban J connectivity index is 3.16. The Kier molecular flexibility index (Phi) is 32.4. The molecule has 0 aliphatic carbocycles. The second kappa shape index (κ2) is 33.7. The molecule has 1 heteroatoms. The van der Waals surface area contributed by atoms with E-state index in [0.717, 1.165) is 0 Å². The Morgan fingerprint density at radius 3 is 1.03 bits per heavy atom. The van der Waals surface area contributed by atoms with Crippen molar-refractivity contribution >= 4 is 5.78 Å². The number of carbonyl (C=O) groups is 1. The van der Waals surface area contributed by atoms with E-state index in [2.05, 4.69) is 25.2 Å². The molecule has 0 fully saturated rings. The van der Waals surface area contributed by atoms with Crippen LogP contribution in [0.4, 0.5) is 0 Å². The number of ketones is 1. The molecule has 0 N–H and O–H groups in total. The Morgan fingerprint density at radius 1 is 0.395 bits per heavy atom. The van der Waals surface area contributed by atoms with E-state index in [9.17, 15) is 4.79 Å². The smallest absolute Gasteiger partial charge is 0.152 e. The molecular formula is C37H66O. The van der Waals surface area contributed by atoms with Gasteiger partial charge in [0.15, 0.2) is 5.78 Å². The number of carbonyl (C=O) groups excluding carboxylic acids is 1. The van der Waals surface area contributed by atoms with Gasteiger partial charge in [-0.25, -0.2) is 0 Å². The lowest BCUT2D eigenvalue weighted by Gasteiger charge is -2.04. The molecule has 0 atom stereocenters. The topological polar surface area (TPSA) is 17.1 Å². The predicted octanol–water partition coefficient (Wildman–Crippen LogP) is 13.0. The van der Waals surface area contributed by atoms with Crippen LogP contribution < -0.4 is 0 Å². The molecule has 0 bridgehead atoms. The summed E-state index contributed by atoms with van der Waals surface area (Å²) >= 11 is 0. The van der Waals surface area contributed by atoms with Crippen LogP contribution in [-0.2, 0) is 4.79 Å². The van der Waals surface area contributed by atoms with Crippen molar-refractivity contribution in [3.05, 3.63) is 48.6 Å². The lowest BCUT2D eigenvalue weighted by Crippen LogP contribution is -1.84. The van der Waals surface area contributed by atoms with Crippen LogP contribution in [0, 0.1) is 0 Å². The van der Waals surface area contributed by atoms with Crippen LogP contribution in [-0.4, -0.2) is 5.78 Å². The predicted molar refractivity (Wildman–Crippen MR) is 173 cm³/mol. The third kappa shape index (κ3) is 34.6. The zero-order chi connectivity index (χ0) is 27.6. The summed E-state index contributed by atoms with van der Waals surface area (Å²) in [5.41, 5.74) is 0. The highest BCUT2D eigenvalue weighted by Gasteiger charge is 1.96. The summed E-state index contributed by atoms with van der Waals surface area (Å²) in [5.74, 6) is 0.0827. The van der Waals surface area contributed by atoms with Crippen molar-refractivity contribution in [2.24, 2.45) is 0 Å². The molecule has 0 aliphatic heterocycles. The first-order chi connectivity index (χ1) is 18.8. The molecule has 0 radical (unpaired) electrons. The summed E-state index contributed by atoms with van der Waals surface area (Å²) in [5, 5.41) is 0. The summed E-state index contributed by atoms with van der Waals surface area (Å²) < 4.78 is 0. The summed E-state index contributed by atoms with van der Waals surface area (Å²) in [4.78, 5) is 10.8. The average molecular weight is 527 g/mol. The van der Waals surface area contributed by atoms with Gasteiger partial charge in [0.25, 0.3) is 0 Å². The fraction of sp³-hybridized carbons (Fsp3) is 0.757. The molecule has 0 aliphatic rings. The normalized spacial score (nSPS) is 12.3. The molecule has 0 unspecified atom stereocenters. The summed E-state index contributed by atoms with van der Waals surface area (Å²) in [6.07, 6.45) is 53.0. The van der Waals surface area contributed by atoms with Crippen LogP contribution in [0.5, 0.6) is 0 Å². The quantitative estimate of drug-likeness (QED) is 0.0516. The third-order valence-electron chi connectivity index (χ3n) is 7.50. The fourth-order valence-corrected chi connectivity index (χ4v) is 5.02. The van der Waals surface area contributed by atoms with Crippen LogP contribution in [0.15, 0.2) is 48.6 Å². The maximum atomic E-state index is 10.8. The van der Waals surface area contributed by atoms with E-state index in [-0.39, 0.29) is 5.78 Å². The number of allylic oxidation sites excluding steroid dienone is 8. The SMILES string of the molecule is CCCCCCCCCCCCCCCCCCCCCCCCCCCC=CC=CC=CC=CC(C)=O. The van der Waals surface area contributed by atoms with Crippen molar-refractivity contribution < 1.29 is 4.79 Å². The minimum Gasteiger partial charge on any atom is -0.295 e. The molecule has 0 saturated heterocycles. The minimum absolute atomic E-state index is 0.0827. The Hall–Kier alpha value is -1.37. The largest absolute Gasteiger partial charge is 0.295 e. The Labute approximate surface area is 239 Å². The summed E-state index contributed by atoms with van der Waals surface area (Å²) in [6.45, 7) is 3.86. The van der Waals surface area contributed by atoms with Crippen LogP contribution in [0.2, 0.25) is 0 Å². The van der Waals surface area contributed by atoms with E-state index in [1.54, 1.807) is 19.1 Å². The van der Waals surface area contributed by atoms with Gasteiger partial charge in [0.1, 0.15) is 0 Å². The number of rotatable bonds is 30. The van der Waals surface area contributed by atoms with E-state index in [1.807, 2.05) is 18.2 Å². The highest BCUT2D eigenvalue weighted by atomic mass is 16.1. The molecule has 220 valence electrons. The van der Waals surface area contributed by atoms with Crippen LogP contribution >= 0.6 is 0 Å². The van der Waals surface area contributed by atoms with Crippen molar-refractivity contribution in [2.75, 3.05) is 0 Å². The van der Waals surface area contributed by atoms with Crippen LogP contribution in [0.1, 0.15) is 181 Å². The van der Waals surface area contributed by atoms with Crippen LogP contribution in [0.3, 0.4) is 0 Å². The first-order valence-corrected chi connectivity index (χ1v) is 16.9. The van der Waals surface area contributed by atoms with Gasteiger partial charge in [0.2, 0.25) is 0 Å². The van der Waals surface area contributed by atoms with Gasteiger partial charge in [0, 0.05) is 0 Å². The van der Waals surface area contributed by atoms with Gasteiger partial charge in [-0.05, 0) is 25.8 Å². The van der Waals surface area contributed by atoms with Crippen LogP contribution in [0.25, 0.3) is 0 Å². The zero-order valence-corrected chi connectivity index (χ0v) is 25.9. The van der Waals surface area contributed by atoms with Gasteiger partial charge in [-0.15, -0.1) is 0 Å². The number of hydrogen-bond acceptors (Lipinski definition) is 1. The van der Waals surface area contributed by atoms with Gasteiger partial charge in [-0.2, -0.15) is 0 Å². The molecule has 0 heterocycles. The van der Waals surface area contributed by atoms with E-state index in [4.69, 9.17) is 0 Å². The second-order valence-corrected chi connectivity index (χ2v) is 11.4. The number of hydrogen-bond donors (Lipinski definition) is 0. The Bertz CT molecular complexity index is 580. The summed E-state index contributed by atoms with van der Waals surface area (Å²) in [7, 11) is 0. The first kappa shape index (κ1) is 36.6. The van der Waals surface area contributed by atoms with Gasteiger partial charge >= 0.3 is 0 Å². The lowest BCUT2D eigenvalue weighted by molar-refractivity contribution is -0.112. The van der Waals surface area contributed by atoms with Crippen molar-refractivity contribution in [1.82, 2.24) is 0 Å². The molecule has 0 saturated carbocycles. The van der Waals surface area contributed by atoms with Gasteiger partial charge < -0.3 is 0 Å². The van der Waals surface area contributed by atoms with E-state index in [1.165, 1.54) is 167 Å². The van der Waals surface area contributed by atoms with Gasteiger partial charge in [0.05, 0.1) is 0 Å². The molecule has 0 aromatic heterocycles. The minimum atomic E-state index is 0.0827. The molecule has 0 spiro atoms. The maximum absolute atomic E-state index is 10.8. The highest BCUT2D eigenvalue weighted by molar-refractivity contribution is 5.87. The van der Waals surface area contributed by atoms with E-state index >= 15 is 0 Å². The second-order valence-electron chi connectivity index (χ2n) is 11.4. The molecule has 0 rings (SSSR count). The van der Waals surface area contributed by atoms with Gasteiger partial charge in [-0.3, -0.25) is 4.79 Å². The van der Waals surface area contributed by atoms with E-state index in [0.29, 0.717) is 0 Å². The van der Waals surface area contributed by atoms with Crippen molar-refractivity contribution in [3.63, 3.8) is 0 Å². The monoisotopic (exact) mass is 527 g/mol. The molecule has 38 heavy (non-hydrogen) atoms. The van der Waals surface area contributed by atoms with Crippen molar-refractivity contribution in [2.45, 2.75) is 181 Å². The van der Waals surface area contributed by atoms with E-state index < -0.39 is 0 Å². The molecule has 1 nitrogen and oxygen atoms in total. The molecule has 0 aromatic carbocycles. The first-order valence-electron chi connectivity index (χ1n) is 16.9. The lowest BCUT2D eigenvalue weighted by atomic mass is 10.0. The van der Waals surface area contributed by atoms with Crippen molar-refractivity contribution in [1.29, 1.82) is 0 Å².